The zero-order valence-electron chi connectivity index (χ0n) is 16.5. The van der Waals surface area contributed by atoms with E-state index in [2.05, 4.69) is 35.2 Å². The van der Waals surface area contributed by atoms with Crippen LogP contribution in [0, 0.1) is 0 Å². The van der Waals surface area contributed by atoms with Gasteiger partial charge in [-0.1, -0.05) is 48.5 Å². The topological polar surface area (TPSA) is 32.8 Å². The molecule has 28 heavy (non-hydrogen) atoms. The van der Waals surface area contributed by atoms with E-state index >= 15 is 0 Å². The van der Waals surface area contributed by atoms with Crippen LogP contribution in [0.5, 0.6) is 5.75 Å². The standard InChI is InChI=1S/C24H28N2O2/c1-28-22-11-9-20(10-12-22)21-13-16-25(17-14-21)23-8-5-15-26(24(23)27)18-19-6-3-2-4-7-19/h2-4,6-7,9-13,23H,5,8,14-18H2,1H3. The molecule has 2 aliphatic heterocycles. The van der Waals surface area contributed by atoms with E-state index in [0.717, 1.165) is 51.2 Å². The molecule has 0 bridgehead atoms. The summed E-state index contributed by atoms with van der Waals surface area (Å²) in [6.07, 6.45) is 5.31. The first-order chi connectivity index (χ1) is 13.7. The van der Waals surface area contributed by atoms with E-state index in [4.69, 9.17) is 4.74 Å². The molecule has 0 aliphatic carbocycles. The SMILES string of the molecule is COc1ccc(C2=CCN(C3CCCN(Cc4ccccc4)C3=O)CC2)cc1. The van der Waals surface area contributed by atoms with Crippen LogP contribution < -0.4 is 4.74 Å². The van der Waals surface area contributed by atoms with Crippen molar-refractivity contribution in [2.24, 2.45) is 0 Å². The van der Waals surface area contributed by atoms with Gasteiger partial charge in [0.15, 0.2) is 0 Å². The summed E-state index contributed by atoms with van der Waals surface area (Å²) in [6, 6.07) is 18.6. The first-order valence-corrected chi connectivity index (χ1v) is 10.1. The van der Waals surface area contributed by atoms with Crippen molar-refractivity contribution in [1.29, 1.82) is 0 Å². The van der Waals surface area contributed by atoms with Crippen LogP contribution in [-0.4, -0.2) is 48.5 Å². The summed E-state index contributed by atoms with van der Waals surface area (Å²) in [7, 11) is 1.69. The number of nitrogens with zero attached hydrogens (tertiary/aromatic N) is 2. The van der Waals surface area contributed by atoms with Crippen molar-refractivity contribution in [3.63, 3.8) is 0 Å². The van der Waals surface area contributed by atoms with Gasteiger partial charge in [0, 0.05) is 26.2 Å². The first-order valence-electron chi connectivity index (χ1n) is 10.1. The highest BCUT2D eigenvalue weighted by atomic mass is 16.5. The second-order valence-electron chi connectivity index (χ2n) is 7.61. The van der Waals surface area contributed by atoms with Crippen molar-refractivity contribution in [3.8, 4) is 5.75 Å². The molecule has 2 heterocycles. The average molecular weight is 377 g/mol. The second kappa shape index (κ2) is 8.61. The minimum atomic E-state index is 0.0196. The Balaban J connectivity index is 1.40. The van der Waals surface area contributed by atoms with Crippen LogP contribution in [0.15, 0.2) is 60.7 Å². The number of benzene rings is 2. The molecule has 4 nitrogen and oxygen atoms in total. The van der Waals surface area contributed by atoms with Crippen LogP contribution in [0.1, 0.15) is 30.4 Å². The lowest BCUT2D eigenvalue weighted by Gasteiger charge is -2.39. The molecule has 4 rings (SSSR count). The average Bonchev–Trinajstić information content (AvgIpc) is 2.76. The molecule has 0 saturated carbocycles. The molecule has 0 radical (unpaired) electrons. The molecule has 1 unspecified atom stereocenters. The second-order valence-corrected chi connectivity index (χ2v) is 7.61. The van der Waals surface area contributed by atoms with Crippen molar-refractivity contribution in [2.45, 2.75) is 31.8 Å². The third-order valence-electron chi connectivity index (χ3n) is 5.86. The molecule has 0 N–H and O–H groups in total. The first kappa shape index (κ1) is 18.8. The van der Waals surface area contributed by atoms with E-state index in [1.807, 2.05) is 35.2 Å². The summed E-state index contributed by atoms with van der Waals surface area (Å²) in [4.78, 5) is 17.5. The normalized spacial score (nSPS) is 20.8. The molecule has 0 spiro atoms. The lowest BCUT2D eigenvalue weighted by atomic mass is 9.96. The Labute approximate surface area is 167 Å². The highest BCUT2D eigenvalue weighted by molar-refractivity contribution is 5.83. The van der Waals surface area contributed by atoms with Gasteiger partial charge < -0.3 is 9.64 Å². The molecule has 1 atom stereocenters. The fraction of sp³-hybridized carbons (Fsp3) is 0.375. The lowest BCUT2D eigenvalue weighted by Crippen LogP contribution is -2.53. The minimum absolute atomic E-state index is 0.0196. The van der Waals surface area contributed by atoms with Crippen LogP contribution in [0.2, 0.25) is 0 Å². The van der Waals surface area contributed by atoms with Crippen LogP contribution in [0.25, 0.3) is 5.57 Å². The Morgan fingerprint density at radius 1 is 1.04 bits per heavy atom. The number of hydrogen-bond acceptors (Lipinski definition) is 3. The van der Waals surface area contributed by atoms with E-state index < -0.39 is 0 Å². The Hall–Kier alpha value is -2.59. The molecular weight excluding hydrogens is 348 g/mol. The molecule has 1 amide bonds. The highest BCUT2D eigenvalue weighted by Gasteiger charge is 2.33. The molecule has 1 fully saturated rings. The number of carbonyl (C=O) groups excluding carboxylic acids is 1. The van der Waals surface area contributed by atoms with Gasteiger partial charge in [0.1, 0.15) is 5.75 Å². The van der Waals surface area contributed by atoms with Crippen molar-refractivity contribution >= 4 is 11.5 Å². The van der Waals surface area contributed by atoms with Crippen molar-refractivity contribution < 1.29 is 9.53 Å². The summed E-state index contributed by atoms with van der Waals surface area (Å²) in [5.74, 6) is 1.17. The Kier molecular flexibility index (Phi) is 5.77. The summed E-state index contributed by atoms with van der Waals surface area (Å²) >= 11 is 0. The smallest absolute Gasteiger partial charge is 0.240 e. The van der Waals surface area contributed by atoms with Crippen LogP contribution in [-0.2, 0) is 11.3 Å². The minimum Gasteiger partial charge on any atom is -0.497 e. The molecule has 2 aromatic rings. The monoisotopic (exact) mass is 376 g/mol. The number of carbonyl (C=O) groups is 1. The van der Waals surface area contributed by atoms with E-state index in [0.29, 0.717) is 0 Å². The third kappa shape index (κ3) is 4.12. The number of methoxy groups -OCH3 is 1. The predicted molar refractivity (Wildman–Crippen MR) is 112 cm³/mol. The number of ether oxygens (including phenoxy) is 1. The Bertz CT molecular complexity index is 829. The molecule has 1 saturated heterocycles. The summed E-state index contributed by atoms with van der Waals surface area (Å²) in [5.41, 5.74) is 3.82. The van der Waals surface area contributed by atoms with Gasteiger partial charge in [0.2, 0.25) is 5.91 Å². The maximum atomic E-state index is 13.1. The Morgan fingerprint density at radius 2 is 1.82 bits per heavy atom. The van der Waals surface area contributed by atoms with E-state index in [9.17, 15) is 4.79 Å². The zero-order valence-corrected chi connectivity index (χ0v) is 16.5. The third-order valence-corrected chi connectivity index (χ3v) is 5.86. The largest absolute Gasteiger partial charge is 0.497 e. The summed E-state index contributed by atoms with van der Waals surface area (Å²) in [6.45, 7) is 3.37. The van der Waals surface area contributed by atoms with Gasteiger partial charge in [0.05, 0.1) is 13.2 Å². The van der Waals surface area contributed by atoms with Crippen LogP contribution >= 0.6 is 0 Å². The molecule has 4 heteroatoms. The molecule has 146 valence electrons. The quantitative estimate of drug-likeness (QED) is 0.791. The van der Waals surface area contributed by atoms with E-state index in [-0.39, 0.29) is 11.9 Å². The number of likely N-dealkylation sites (tertiary alicyclic amines) is 1. The van der Waals surface area contributed by atoms with Gasteiger partial charge in [-0.15, -0.1) is 0 Å². The van der Waals surface area contributed by atoms with Crippen molar-refractivity contribution in [1.82, 2.24) is 9.80 Å². The van der Waals surface area contributed by atoms with Crippen molar-refractivity contribution in [3.05, 3.63) is 71.8 Å². The lowest BCUT2D eigenvalue weighted by molar-refractivity contribution is -0.140. The van der Waals surface area contributed by atoms with Gasteiger partial charge in [-0.3, -0.25) is 9.69 Å². The maximum Gasteiger partial charge on any atom is 0.240 e. The summed E-state index contributed by atoms with van der Waals surface area (Å²) in [5, 5.41) is 0. The Morgan fingerprint density at radius 3 is 2.50 bits per heavy atom. The fourth-order valence-electron chi connectivity index (χ4n) is 4.25. The summed E-state index contributed by atoms with van der Waals surface area (Å²) < 4.78 is 5.25. The van der Waals surface area contributed by atoms with E-state index in [1.165, 1.54) is 16.7 Å². The molecular formula is C24H28N2O2. The van der Waals surface area contributed by atoms with Gasteiger partial charge in [-0.05, 0) is 48.1 Å². The number of rotatable bonds is 5. The van der Waals surface area contributed by atoms with E-state index in [1.54, 1.807) is 7.11 Å². The highest BCUT2D eigenvalue weighted by Crippen LogP contribution is 2.27. The molecule has 0 aromatic heterocycles. The van der Waals surface area contributed by atoms with Gasteiger partial charge in [-0.2, -0.15) is 0 Å². The molecule has 2 aromatic carbocycles. The molecule has 2 aliphatic rings. The number of piperidine rings is 1. The zero-order chi connectivity index (χ0) is 19.3. The number of amides is 1. The van der Waals surface area contributed by atoms with Gasteiger partial charge >= 0.3 is 0 Å². The van der Waals surface area contributed by atoms with Crippen molar-refractivity contribution in [2.75, 3.05) is 26.7 Å². The fourth-order valence-corrected chi connectivity index (χ4v) is 4.25. The maximum absolute atomic E-state index is 13.1. The predicted octanol–water partition coefficient (Wildman–Crippen LogP) is 3.98. The van der Waals surface area contributed by atoms with Gasteiger partial charge in [0.25, 0.3) is 0 Å². The number of hydrogen-bond donors (Lipinski definition) is 0. The van der Waals surface area contributed by atoms with Gasteiger partial charge in [-0.25, -0.2) is 0 Å². The van der Waals surface area contributed by atoms with Crippen LogP contribution in [0.3, 0.4) is 0 Å². The van der Waals surface area contributed by atoms with Crippen LogP contribution in [0.4, 0.5) is 0 Å².